The van der Waals surface area contributed by atoms with Crippen molar-refractivity contribution < 1.29 is 9.53 Å². The van der Waals surface area contributed by atoms with Crippen molar-refractivity contribution in [1.82, 2.24) is 14.9 Å². The lowest BCUT2D eigenvalue weighted by Crippen LogP contribution is -2.28. The fourth-order valence-electron chi connectivity index (χ4n) is 1.26. The first-order valence-electron chi connectivity index (χ1n) is 4.50. The lowest BCUT2D eigenvalue weighted by Gasteiger charge is -2.14. The van der Waals surface area contributed by atoms with Crippen LogP contribution in [0.3, 0.4) is 0 Å². The number of carbonyl (C=O) groups is 1. The highest BCUT2D eigenvalue weighted by Gasteiger charge is 2.22. The third-order valence-electron chi connectivity index (χ3n) is 1.96. The largest absolute Gasteiger partial charge is 0.465 e. The molecule has 0 aliphatic carbocycles. The quantitative estimate of drug-likeness (QED) is 0.703. The Kier molecular flexibility index (Phi) is 3.64. The van der Waals surface area contributed by atoms with Gasteiger partial charge in [-0.3, -0.25) is 0 Å². The van der Waals surface area contributed by atoms with Crippen LogP contribution in [-0.2, 0) is 16.6 Å². The van der Waals surface area contributed by atoms with Gasteiger partial charge in [0.25, 0.3) is 0 Å². The minimum Gasteiger partial charge on any atom is -0.465 e. The summed E-state index contributed by atoms with van der Waals surface area (Å²) in [6.07, 6.45) is 3.30. The van der Waals surface area contributed by atoms with Gasteiger partial charge in [0, 0.05) is 7.05 Å². The molecule has 0 saturated carbocycles. The van der Waals surface area contributed by atoms with E-state index in [4.69, 9.17) is 4.74 Å². The predicted octanol–water partition coefficient (Wildman–Crippen LogP) is 0.244. The Hall–Kier alpha value is -1.36. The first-order chi connectivity index (χ1) is 6.70. The molecule has 1 atom stereocenters. The number of aromatic nitrogens is 2. The van der Waals surface area contributed by atoms with E-state index in [1.807, 2.05) is 7.05 Å². The third kappa shape index (κ3) is 2.11. The zero-order chi connectivity index (χ0) is 10.6. The average Bonchev–Trinajstić information content (AvgIpc) is 2.54. The van der Waals surface area contributed by atoms with Crippen LogP contribution in [0.15, 0.2) is 12.5 Å². The van der Waals surface area contributed by atoms with E-state index in [2.05, 4.69) is 10.3 Å². The van der Waals surface area contributed by atoms with Gasteiger partial charge in [0.05, 0.1) is 24.8 Å². The normalized spacial score (nSPS) is 12.5. The van der Waals surface area contributed by atoms with Crippen LogP contribution >= 0.6 is 0 Å². The summed E-state index contributed by atoms with van der Waals surface area (Å²) in [5.41, 5.74) is 0.797. The van der Waals surface area contributed by atoms with E-state index in [-0.39, 0.29) is 5.97 Å². The number of likely N-dealkylation sites (N-methyl/N-ethyl adjacent to an activating group) is 1. The fraction of sp³-hybridized carbons (Fsp3) is 0.556. The number of imidazole rings is 1. The van der Waals surface area contributed by atoms with Crippen LogP contribution in [0.1, 0.15) is 18.7 Å². The van der Waals surface area contributed by atoms with E-state index >= 15 is 0 Å². The second-order valence-corrected chi connectivity index (χ2v) is 2.90. The summed E-state index contributed by atoms with van der Waals surface area (Å²) in [7, 11) is 3.56. The molecule has 0 fully saturated rings. The van der Waals surface area contributed by atoms with Crippen LogP contribution < -0.4 is 5.32 Å². The van der Waals surface area contributed by atoms with Crippen molar-refractivity contribution in [3.63, 3.8) is 0 Å². The zero-order valence-corrected chi connectivity index (χ0v) is 8.65. The molecule has 0 saturated heterocycles. The topological polar surface area (TPSA) is 56.1 Å². The lowest BCUT2D eigenvalue weighted by atomic mass is 10.2. The molecular formula is C9H15N3O2. The number of nitrogens with zero attached hydrogens (tertiary/aromatic N) is 2. The minimum atomic E-state index is -0.442. The molecule has 5 nitrogen and oxygen atoms in total. The van der Waals surface area contributed by atoms with Gasteiger partial charge in [0.15, 0.2) is 0 Å². The molecule has 1 N–H and O–H groups in total. The number of rotatable bonds is 4. The molecule has 1 aromatic rings. The van der Waals surface area contributed by atoms with Crippen LogP contribution in [0.2, 0.25) is 0 Å². The number of nitrogens with one attached hydrogen (secondary N) is 1. The molecular weight excluding hydrogens is 182 g/mol. The van der Waals surface area contributed by atoms with E-state index < -0.39 is 6.04 Å². The van der Waals surface area contributed by atoms with Gasteiger partial charge in [0.2, 0.25) is 0 Å². The summed E-state index contributed by atoms with van der Waals surface area (Å²) in [5, 5.41) is 2.89. The van der Waals surface area contributed by atoms with Crippen molar-refractivity contribution in [3.8, 4) is 0 Å². The Labute approximate surface area is 83.1 Å². The molecule has 0 amide bonds. The molecule has 1 aromatic heterocycles. The number of hydrogen-bond acceptors (Lipinski definition) is 4. The molecule has 78 valence electrons. The molecule has 14 heavy (non-hydrogen) atoms. The smallest absolute Gasteiger partial charge is 0.329 e. The monoisotopic (exact) mass is 197 g/mol. The Balaban J connectivity index is 2.82. The predicted molar refractivity (Wildman–Crippen MR) is 51.6 cm³/mol. The van der Waals surface area contributed by atoms with E-state index in [9.17, 15) is 4.79 Å². The number of hydrogen-bond donors (Lipinski definition) is 1. The summed E-state index contributed by atoms with van der Waals surface area (Å²) in [4.78, 5) is 15.4. The van der Waals surface area contributed by atoms with Crippen LogP contribution in [-0.4, -0.2) is 29.2 Å². The maximum atomic E-state index is 11.5. The zero-order valence-electron chi connectivity index (χ0n) is 8.65. The summed E-state index contributed by atoms with van der Waals surface area (Å²) >= 11 is 0. The average molecular weight is 197 g/mol. The maximum Gasteiger partial charge on any atom is 0.329 e. The van der Waals surface area contributed by atoms with Crippen molar-refractivity contribution >= 4 is 5.97 Å². The van der Waals surface area contributed by atoms with E-state index in [0.29, 0.717) is 6.61 Å². The second kappa shape index (κ2) is 4.76. The highest BCUT2D eigenvalue weighted by atomic mass is 16.5. The summed E-state index contributed by atoms with van der Waals surface area (Å²) in [5.74, 6) is -0.279. The van der Waals surface area contributed by atoms with Crippen molar-refractivity contribution in [2.24, 2.45) is 7.05 Å². The van der Waals surface area contributed by atoms with Gasteiger partial charge >= 0.3 is 5.97 Å². The Morgan fingerprint density at radius 1 is 1.79 bits per heavy atom. The molecule has 1 rings (SSSR count). The summed E-state index contributed by atoms with van der Waals surface area (Å²) in [6, 6.07) is -0.442. The Morgan fingerprint density at radius 2 is 2.50 bits per heavy atom. The van der Waals surface area contributed by atoms with E-state index in [1.165, 1.54) is 0 Å². The van der Waals surface area contributed by atoms with Crippen LogP contribution in [0.25, 0.3) is 0 Å². The van der Waals surface area contributed by atoms with Gasteiger partial charge in [-0.1, -0.05) is 0 Å². The molecule has 1 heterocycles. The SMILES string of the molecule is CCOC(=O)C(NC)c1cncn1C. The van der Waals surface area contributed by atoms with Crippen molar-refractivity contribution in [2.45, 2.75) is 13.0 Å². The lowest BCUT2D eigenvalue weighted by molar-refractivity contribution is -0.145. The first kappa shape index (κ1) is 10.7. The van der Waals surface area contributed by atoms with Crippen molar-refractivity contribution in [3.05, 3.63) is 18.2 Å². The molecule has 0 spiro atoms. The first-order valence-corrected chi connectivity index (χ1v) is 4.50. The Morgan fingerprint density at radius 3 is 2.93 bits per heavy atom. The third-order valence-corrected chi connectivity index (χ3v) is 1.96. The van der Waals surface area contributed by atoms with Gasteiger partial charge in [-0.2, -0.15) is 0 Å². The number of ether oxygens (including phenoxy) is 1. The summed E-state index contributed by atoms with van der Waals surface area (Å²) in [6.45, 7) is 2.17. The van der Waals surface area contributed by atoms with Crippen molar-refractivity contribution in [1.29, 1.82) is 0 Å². The minimum absolute atomic E-state index is 0.279. The van der Waals surface area contributed by atoms with Gasteiger partial charge < -0.3 is 14.6 Å². The second-order valence-electron chi connectivity index (χ2n) is 2.90. The fourth-order valence-corrected chi connectivity index (χ4v) is 1.26. The van der Waals surface area contributed by atoms with Gasteiger partial charge in [0.1, 0.15) is 6.04 Å². The molecule has 0 aliphatic heterocycles. The van der Waals surface area contributed by atoms with Gasteiger partial charge in [-0.05, 0) is 14.0 Å². The van der Waals surface area contributed by atoms with Crippen LogP contribution in [0.4, 0.5) is 0 Å². The number of carbonyl (C=O) groups excluding carboxylic acids is 1. The Bertz CT molecular complexity index is 309. The van der Waals surface area contributed by atoms with Crippen molar-refractivity contribution in [2.75, 3.05) is 13.7 Å². The highest BCUT2D eigenvalue weighted by Crippen LogP contribution is 2.12. The van der Waals surface area contributed by atoms with E-state index in [0.717, 1.165) is 5.69 Å². The molecule has 1 unspecified atom stereocenters. The molecule has 0 radical (unpaired) electrons. The molecule has 0 aromatic carbocycles. The number of aryl methyl sites for hydroxylation is 1. The molecule has 0 aliphatic rings. The molecule has 0 bridgehead atoms. The molecule has 5 heteroatoms. The summed E-state index contributed by atoms with van der Waals surface area (Å²) < 4.78 is 6.72. The van der Waals surface area contributed by atoms with E-state index in [1.54, 1.807) is 31.1 Å². The van der Waals surface area contributed by atoms with Crippen LogP contribution in [0, 0.1) is 0 Å². The number of esters is 1. The van der Waals surface area contributed by atoms with Gasteiger partial charge in [-0.25, -0.2) is 9.78 Å². The van der Waals surface area contributed by atoms with Gasteiger partial charge in [-0.15, -0.1) is 0 Å². The maximum absolute atomic E-state index is 11.5. The standard InChI is InChI=1S/C9H15N3O2/c1-4-14-9(13)8(10-2)7-5-11-6-12(7)3/h5-6,8,10H,4H2,1-3H3. The highest BCUT2D eigenvalue weighted by molar-refractivity contribution is 5.77. The van der Waals surface area contributed by atoms with Crippen LogP contribution in [0.5, 0.6) is 0 Å².